The third-order valence-corrected chi connectivity index (χ3v) is 4.12. The summed E-state index contributed by atoms with van der Waals surface area (Å²) in [5.74, 6) is 0.611. The molecule has 112 valence electrons. The number of hydrogen-bond acceptors (Lipinski definition) is 5. The number of likely N-dealkylation sites (N-methyl/N-ethyl adjacent to an activating group) is 1. The second-order valence-corrected chi connectivity index (χ2v) is 5.72. The van der Waals surface area contributed by atoms with Crippen molar-refractivity contribution < 1.29 is 4.74 Å². The summed E-state index contributed by atoms with van der Waals surface area (Å²) in [6.45, 7) is 11.0. The van der Waals surface area contributed by atoms with E-state index in [1.54, 1.807) is 6.20 Å². The van der Waals surface area contributed by atoms with Crippen molar-refractivity contribution in [2.75, 3.05) is 38.6 Å². The highest BCUT2D eigenvalue weighted by molar-refractivity contribution is 5.42. The quantitative estimate of drug-likeness (QED) is 0.853. The van der Waals surface area contributed by atoms with E-state index in [0.29, 0.717) is 5.82 Å². The normalized spacial score (nSPS) is 18.9. The van der Waals surface area contributed by atoms with Gasteiger partial charge < -0.3 is 15.8 Å². The Bertz CT molecular complexity index is 430. The molecule has 0 spiro atoms. The fraction of sp³-hybridized carbons (Fsp3) is 0.667. The molecule has 0 aliphatic carbocycles. The zero-order valence-corrected chi connectivity index (χ0v) is 12.7. The van der Waals surface area contributed by atoms with Crippen molar-refractivity contribution in [2.24, 2.45) is 0 Å². The van der Waals surface area contributed by atoms with Crippen LogP contribution in [0.3, 0.4) is 0 Å². The molecule has 0 bridgehead atoms. The van der Waals surface area contributed by atoms with Gasteiger partial charge in [-0.2, -0.15) is 0 Å². The number of anilines is 1. The van der Waals surface area contributed by atoms with Gasteiger partial charge >= 0.3 is 0 Å². The first-order valence-electron chi connectivity index (χ1n) is 7.34. The molecule has 1 aliphatic heterocycles. The Balaban J connectivity index is 2.29. The monoisotopic (exact) mass is 278 g/mol. The van der Waals surface area contributed by atoms with Crippen LogP contribution < -0.4 is 11.1 Å². The summed E-state index contributed by atoms with van der Waals surface area (Å²) in [4.78, 5) is 6.70. The molecule has 1 unspecified atom stereocenters. The van der Waals surface area contributed by atoms with Gasteiger partial charge in [-0.1, -0.05) is 13.0 Å². The van der Waals surface area contributed by atoms with Crippen LogP contribution in [0.2, 0.25) is 0 Å². The van der Waals surface area contributed by atoms with Gasteiger partial charge in [0.2, 0.25) is 0 Å². The number of nitrogens with one attached hydrogen (secondary N) is 1. The number of nitrogen functional groups attached to an aromatic ring is 1. The number of rotatable bonds is 5. The topological polar surface area (TPSA) is 63.4 Å². The van der Waals surface area contributed by atoms with Gasteiger partial charge in [-0.3, -0.25) is 4.90 Å². The van der Waals surface area contributed by atoms with E-state index in [2.05, 4.69) is 42.0 Å². The lowest BCUT2D eigenvalue weighted by molar-refractivity contribution is -0.0235. The second kappa shape index (κ2) is 6.52. The first kappa shape index (κ1) is 15.2. The van der Waals surface area contributed by atoms with Gasteiger partial charge in [-0.15, -0.1) is 0 Å². The number of nitrogens with two attached hydrogens (primary N) is 1. The molecule has 0 aromatic carbocycles. The molecule has 1 aromatic heterocycles. The van der Waals surface area contributed by atoms with Crippen LogP contribution >= 0.6 is 0 Å². The van der Waals surface area contributed by atoms with Gasteiger partial charge in [-0.05, 0) is 26.5 Å². The molecule has 3 N–H and O–H groups in total. The van der Waals surface area contributed by atoms with Crippen molar-refractivity contribution in [1.82, 2.24) is 15.2 Å². The first-order chi connectivity index (χ1) is 9.57. The highest BCUT2D eigenvalue weighted by atomic mass is 16.5. The SMILES string of the molecule is CCNC(c1cccnc1N)C(C)(C)N1CCOCC1. The van der Waals surface area contributed by atoms with E-state index in [-0.39, 0.29) is 11.6 Å². The highest BCUT2D eigenvalue weighted by Gasteiger charge is 2.37. The van der Waals surface area contributed by atoms with Crippen molar-refractivity contribution in [2.45, 2.75) is 32.4 Å². The van der Waals surface area contributed by atoms with Crippen LogP contribution in [0.1, 0.15) is 32.4 Å². The molecule has 2 rings (SSSR count). The van der Waals surface area contributed by atoms with Crippen LogP contribution in [0.5, 0.6) is 0 Å². The minimum absolute atomic E-state index is 0.0447. The fourth-order valence-electron chi connectivity index (χ4n) is 2.94. The molecule has 0 amide bonds. The van der Waals surface area contributed by atoms with Crippen molar-refractivity contribution >= 4 is 5.82 Å². The van der Waals surface area contributed by atoms with E-state index < -0.39 is 0 Å². The number of ether oxygens (including phenoxy) is 1. The number of morpholine rings is 1. The molecule has 1 aliphatic rings. The average Bonchev–Trinajstić information content (AvgIpc) is 2.46. The van der Waals surface area contributed by atoms with E-state index >= 15 is 0 Å². The lowest BCUT2D eigenvalue weighted by Gasteiger charge is -2.46. The highest BCUT2D eigenvalue weighted by Crippen LogP contribution is 2.33. The number of nitrogens with zero attached hydrogens (tertiary/aromatic N) is 2. The van der Waals surface area contributed by atoms with Crippen molar-refractivity contribution in [1.29, 1.82) is 0 Å². The maximum atomic E-state index is 6.08. The summed E-state index contributed by atoms with van der Waals surface area (Å²) in [5, 5.41) is 3.57. The standard InChI is InChI=1S/C15H26N4O/c1-4-17-13(12-6-5-7-18-14(12)16)15(2,3)19-8-10-20-11-9-19/h5-7,13,17H,4,8-11H2,1-3H3,(H2,16,18). The summed E-state index contributed by atoms with van der Waals surface area (Å²) >= 11 is 0. The predicted octanol–water partition coefficient (Wildman–Crippen LogP) is 1.43. The van der Waals surface area contributed by atoms with Gasteiger partial charge in [-0.25, -0.2) is 4.98 Å². The lowest BCUT2D eigenvalue weighted by Crippen LogP contribution is -2.56. The van der Waals surface area contributed by atoms with E-state index in [0.717, 1.165) is 38.4 Å². The Morgan fingerprint density at radius 1 is 1.45 bits per heavy atom. The average molecular weight is 278 g/mol. The van der Waals surface area contributed by atoms with Gasteiger partial charge in [0.25, 0.3) is 0 Å². The number of pyridine rings is 1. The lowest BCUT2D eigenvalue weighted by atomic mass is 9.86. The van der Waals surface area contributed by atoms with Crippen molar-refractivity contribution in [3.05, 3.63) is 23.9 Å². The third kappa shape index (κ3) is 3.11. The summed E-state index contributed by atoms with van der Waals surface area (Å²) < 4.78 is 5.46. The zero-order valence-electron chi connectivity index (χ0n) is 12.7. The predicted molar refractivity (Wildman–Crippen MR) is 81.5 cm³/mol. The first-order valence-corrected chi connectivity index (χ1v) is 7.34. The number of hydrogen-bond donors (Lipinski definition) is 2. The van der Waals surface area contributed by atoms with Crippen LogP contribution in [0, 0.1) is 0 Å². The smallest absolute Gasteiger partial charge is 0.128 e. The zero-order chi connectivity index (χ0) is 14.6. The van der Waals surface area contributed by atoms with E-state index in [1.807, 2.05) is 6.07 Å². The minimum atomic E-state index is -0.0447. The summed E-state index contributed by atoms with van der Waals surface area (Å²) in [5.41, 5.74) is 7.11. The molecule has 1 aromatic rings. The largest absolute Gasteiger partial charge is 0.383 e. The van der Waals surface area contributed by atoms with Gasteiger partial charge in [0, 0.05) is 30.4 Å². The van der Waals surface area contributed by atoms with Gasteiger partial charge in [0.05, 0.1) is 19.3 Å². The fourth-order valence-corrected chi connectivity index (χ4v) is 2.94. The maximum absolute atomic E-state index is 6.08. The molecule has 2 heterocycles. The Morgan fingerprint density at radius 3 is 2.75 bits per heavy atom. The molecule has 1 fully saturated rings. The van der Waals surface area contributed by atoms with E-state index in [4.69, 9.17) is 10.5 Å². The molecule has 1 atom stereocenters. The Morgan fingerprint density at radius 2 is 2.15 bits per heavy atom. The van der Waals surface area contributed by atoms with Crippen molar-refractivity contribution in [3.8, 4) is 0 Å². The molecule has 0 radical (unpaired) electrons. The van der Waals surface area contributed by atoms with Gasteiger partial charge in [0.15, 0.2) is 0 Å². The van der Waals surface area contributed by atoms with Crippen LogP contribution in [0.25, 0.3) is 0 Å². The molecular formula is C15H26N4O. The van der Waals surface area contributed by atoms with Gasteiger partial charge in [0.1, 0.15) is 5.82 Å². The molecular weight excluding hydrogens is 252 g/mol. The Hall–Kier alpha value is -1.17. The summed E-state index contributed by atoms with van der Waals surface area (Å²) in [6, 6.07) is 4.17. The van der Waals surface area contributed by atoms with E-state index in [1.165, 1.54) is 0 Å². The minimum Gasteiger partial charge on any atom is -0.383 e. The van der Waals surface area contributed by atoms with Crippen LogP contribution in [0.4, 0.5) is 5.82 Å². The Kier molecular flexibility index (Phi) is 4.96. The molecule has 5 nitrogen and oxygen atoms in total. The van der Waals surface area contributed by atoms with Crippen LogP contribution in [-0.4, -0.2) is 48.3 Å². The maximum Gasteiger partial charge on any atom is 0.128 e. The summed E-state index contributed by atoms with van der Waals surface area (Å²) in [7, 11) is 0. The Labute approximate surface area is 121 Å². The molecule has 20 heavy (non-hydrogen) atoms. The van der Waals surface area contributed by atoms with E-state index in [9.17, 15) is 0 Å². The molecule has 0 saturated carbocycles. The van der Waals surface area contributed by atoms with Crippen LogP contribution in [0.15, 0.2) is 18.3 Å². The summed E-state index contributed by atoms with van der Waals surface area (Å²) in [6.07, 6.45) is 1.74. The number of aromatic nitrogens is 1. The second-order valence-electron chi connectivity index (χ2n) is 5.72. The van der Waals surface area contributed by atoms with Crippen molar-refractivity contribution in [3.63, 3.8) is 0 Å². The van der Waals surface area contributed by atoms with Crippen LogP contribution in [-0.2, 0) is 4.74 Å². The molecule has 1 saturated heterocycles. The molecule has 5 heteroatoms. The third-order valence-electron chi connectivity index (χ3n) is 4.12.